The summed E-state index contributed by atoms with van der Waals surface area (Å²) in [4.78, 5) is 28.4. The molecule has 0 fully saturated rings. The molecule has 0 bridgehead atoms. The van der Waals surface area contributed by atoms with E-state index in [0.29, 0.717) is 12.2 Å². The number of nitrogens with zero attached hydrogens (tertiary/aromatic N) is 4. The summed E-state index contributed by atoms with van der Waals surface area (Å²) in [5.74, 6) is 0.379. The van der Waals surface area contributed by atoms with Crippen LogP contribution in [0.5, 0.6) is 0 Å². The Hall–Kier alpha value is -5.11. The molecule has 0 aliphatic carbocycles. The van der Waals surface area contributed by atoms with Gasteiger partial charge in [0.25, 0.3) is 0 Å². The van der Waals surface area contributed by atoms with E-state index in [1.165, 1.54) is 7.11 Å². The quantitative estimate of drug-likeness (QED) is 0.280. The minimum absolute atomic E-state index is 0.289. The number of hydrogen-bond donors (Lipinski definition) is 1. The normalized spacial score (nSPS) is 14.2. The number of esters is 1. The van der Waals surface area contributed by atoms with Gasteiger partial charge in [0, 0.05) is 11.8 Å². The number of carbonyl (C=O) groups is 2. The second-order valence-electron chi connectivity index (χ2n) is 9.85. The first-order valence-corrected chi connectivity index (χ1v) is 13.1. The molecule has 3 heterocycles. The Morgan fingerprint density at radius 2 is 1.62 bits per heavy atom. The van der Waals surface area contributed by atoms with E-state index in [4.69, 9.17) is 9.84 Å². The summed E-state index contributed by atoms with van der Waals surface area (Å²) >= 11 is 0. The molecule has 8 heteroatoms. The molecule has 1 N–H and O–H groups in total. The fourth-order valence-corrected chi connectivity index (χ4v) is 5.32. The molecule has 1 aliphatic heterocycles. The number of ether oxygens (including phenoxy) is 1. The Balaban J connectivity index is 1.52. The Morgan fingerprint density at radius 3 is 2.38 bits per heavy atom. The third kappa shape index (κ3) is 4.33. The first-order valence-electron chi connectivity index (χ1n) is 13.1. The molecule has 8 nitrogen and oxygen atoms in total. The van der Waals surface area contributed by atoms with Crippen molar-refractivity contribution in [2.75, 3.05) is 12.4 Å². The molecule has 0 unspecified atom stereocenters. The lowest BCUT2D eigenvalue weighted by atomic mass is 10.0. The minimum atomic E-state index is -0.516. The van der Waals surface area contributed by atoms with Crippen molar-refractivity contribution in [3.05, 3.63) is 131 Å². The van der Waals surface area contributed by atoms with Crippen molar-refractivity contribution in [3.8, 4) is 11.5 Å². The van der Waals surface area contributed by atoms with Gasteiger partial charge in [-0.3, -0.25) is 0 Å². The molecule has 0 radical (unpaired) electrons. The maximum absolute atomic E-state index is 14.2. The number of rotatable bonds is 4. The van der Waals surface area contributed by atoms with Crippen LogP contribution in [-0.4, -0.2) is 38.4 Å². The summed E-state index contributed by atoms with van der Waals surface area (Å²) in [6.45, 7) is 4.32. The zero-order chi connectivity index (χ0) is 27.8. The maximum atomic E-state index is 14.2. The fraction of sp³-hybridized carbons (Fsp3) is 0.156. The molecule has 1 atom stereocenters. The summed E-state index contributed by atoms with van der Waals surface area (Å²) in [6.07, 6.45) is 2.02. The first kappa shape index (κ1) is 25.2. The molecule has 0 saturated carbocycles. The fourth-order valence-electron chi connectivity index (χ4n) is 5.32. The van der Waals surface area contributed by atoms with E-state index < -0.39 is 12.0 Å². The summed E-state index contributed by atoms with van der Waals surface area (Å²) in [6, 6.07) is 28.4. The molecule has 0 saturated heterocycles. The van der Waals surface area contributed by atoms with Gasteiger partial charge in [-0.15, -0.1) is 0 Å². The predicted octanol–water partition coefficient (Wildman–Crippen LogP) is 6.20. The smallest absolute Gasteiger partial charge is 0.339 e. The van der Waals surface area contributed by atoms with Crippen molar-refractivity contribution in [2.45, 2.75) is 26.4 Å². The molecule has 2 amide bonds. The molecular formula is C32H29N5O3. The van der Waals surface area contributed by atoms with Gasteiger partial charge < -0.3 is 19.5 Å². The van der Waals surface area contributed by atoms with Crippen molar-refractivity contribution < 1.29 is 14.3 Å². The SMILES string of the molecule is COC(=O)c1ccccc1NC(=O)N1Cc2c(C)nn(-c3ccccc3)c2-n2cccc2[C@H]1c1ccc(C)cc1. The number of aromatic nitrogens is 3. The zero-order valence-corrected chi connectivity index (χ0v) is 22.5. The second-order valence-corrected chi connectivity index (χ2v) is 9.85. The Bertz CT molecular complexity index is 1700. The van der Waals surface area contributed by atoms with Crippen LogP contribution in [0, 0.1) is 13.8 Å². The Kier molecular flexibility index (Phi) is 6.43. The zero-order valence-electron chi connectivity index (χ0n) is 22.5. The van der Waals surface area contributed by atoms with Crippen LogP contribution < -0.4 is 5.32 Å². The topological polar surface area (TPSA) is 81.4 Å². The number of benzene rings is 3. The number of nitrogens with one attached hydrogen (secondary N) is 1. The third-order valence-corrected chi connectivity index (χ3v) is 7.31. The summed E-state index contributed by atoms with van der Waals surface area (Å²) in [5, 5.41) is 7.89. The number of para-hydroxylation sites is 2. The molecule has 0 spiro atoms. The summed E-state index contributed by atoms with van der Waals surface area (Å²) in [5.41, 5.74) is 6.41. The molecule has 6 rings (SSSR count). The van der Waals surface area contributed by atoms with Crippen LogP contribution in [0.15, 0.2) is 97.2 Å². The average Bonchev–Trinajstić information content (AvgIpc) is 3.54. The van der Waals surface area contributed by atoms with Crippen molar-refractivity contribution in [1.29, 1.82) is 0 Å². The molecular weight excluding hydrogens is 502 g/mol. The highest BCUT2D eigenvalue weighted by Gasteiger charge is 2.36. The third-order valence-electron chi connectivity index (χ3n) is 7.31. The van der Waals surface area contributed by atoms with Gasteiger partial charge >= 0.3 is 12.0 Å². The molecule has 5 aromatic rings. The standard InChI is InChI=1S/C32H29N5O3/c1-21-15-17-23(18-16-21)29-28-14-9-19-35(28)30-26(22(2)34-37(30)24-10-5-4-6-11-24)20-36(29)32(39)33-27-13-8-7-12-25(27)31(38)40-3/h4-19,29H,20H2,1-3H3,(H,33,39)/t29-/m1/s1. The van der Waals surface area contributed by atoms with Gasteiger partial charge in [-0.2, -0.15) is 5.10 Å². The number of anilines is 1. The van der Waals surface area contributed by atoms with E-state index >= 15 is 0 Å². The van der Waals surface area contributed by atoms with Crippen LogP contribution in [0.3, 0.4) is 0 Å². The maximum Gasteiger partial charge on any atom is 0.339 e. The van der Waals surface area contributed by atoms with Crippen LogP contribution in [0.25, 0.3) is 11.5 Å². The highest BCUT2D eigenvalue weighted by atomic mass is 16.5. The minimum Gasteiger partial charge on any atom is -0.465 e. The Labute approximate surface area is 232 Å². The van der Waals surface area contributed by atoms with Crippen LogP contribution in [0.1, 0.15) is 44.5 Å². The van der Waals surface area contributed by atoms with Crippen LogP contribution in [0.2, 0.25) is 0 Å². The lowest BCUT2D eigenvalue weighted by Crippen LogP contribution is -2.38. The lowest BCUT2D eigenvalue weighted by Gasteiger charge is -2.31. The van der Waals surface area contributed by atoms with Gasteiger partial charge in [0.15, 0.2) is 0 Å². The first-order chi connectivity index (χ1) is 19.5. The number of amides is 2. The van der Waals surface area contributed by atoms with E-state index in [1.807, 2.05) is 67.2 Å². The number of hydrogen-bond acceptors (Lipinski definition) is 4. The molecule has 1 aliphatic rings. The van der Waals surface area contributed by atoms with Crippen LogP contribution in [0.4, 0.5) is 10.5 Å². The van der Waals surface area contributed by atoms with Gasteiger partial charge in [0.1, 0.15) is 5.82 Å². The van der Waals surface area contributed by atoms with E-state index in [-0.39, 0.29) is 11.6 Å². The summed E-state index contributed by atoms with van der Waals surface area (Å²) < 4.78 is 9.02. The van der Waals surface area contributed by atoms with E-state index in [1.54, 1.807) is 29.2 Å². The molecule has 2 aromatic heterocycles. The van der Waals surface area contributed by atoms with Gasteiger partial charge in [-0.05, 0) is 55.8 Å². The van der Waals surface area contributed by atoms with Gasteiger partial charge in [-0.25, -0.2) is 14.3 Å². The van der Waals surface area contributed by atoms with Crippen LogP contribution in [-0.2, 0) is 11.3 Å². The predicted molar refractivity (Wildman–Crippen MR) is 153 cm³/mol. The van der Waals surface area contributed by atoms with E-state index in [2.05, 4.69) is 34.1 Å². The highest BCUT2D eigenvalue weighted by Crippen LogP contribution is 2.39. The number of urea groups is 1. The van der Waals surface area contributed by atoms with Crippen molar-refractivity contribution in [3.63, 3.8) is 0 Å². The molecule has 40 heavy (non-hydrogen) atoms. The highest BCUT2D eigenvalue weighted by molar-refractivity contribution is 6.01. The van der Waals surface area contributed by atoms with Crippen LogP contribution >= 0.6 is 0 Å². The number of aryl methyl sites for hydroxylation is 2. The number of fused-ring (bicyclic) bond motifs is 3. The average molecular weight is 532 g/mol. The van der Waals surface area contributed by atoms with Gasteiger partial charge in [0.05, 0.1) is 48.0 Å². The lowest BCUT2D eigenvalue weighted by molar-refractivity contribution is 0.0602. The largest absolute Gasteiger partial charge is 0.465 e. The van der Waals surface area contributed by atoms with Crippen molar-refractivity contribution in [1.82, 2.24) is 19.2 Å². The number of methoxy groups -OCH3 is 1. The van der Waals surface area contributed by atoms with Gasteiger partial charge in [-0.1, -0.05) is 60.2 Å². The van der Waals surface area contributed by atoms with Crippen molar-refractivity contribution in [2.24, 2.45) is 0 Å². The van der Waals surface area contributed by atoms with E-state index in [9.17, 15) is 9.59 Å². The summed E-state index contributed by atoms with van der Waals surface area (Å²) in [7, 11) is 1.33. The monoisotopic (exact) mass is 531 g/mol. The van der Waals surface area contributed by atoms with E-state index in [0.717, 1.165) is 39.6 Å². The molecule has 3 aromatic carbocycles. The Morgan fingerprint density at radius 1 is 0.900 bits per heavy atom. The second kappa shape index (κ2) is 10.2. The van der Waals surface area contributed by atoms with Gasteiger partial charge in [0.2, 0.25) is 0 Å². The number of carbonyl (C=O) groups excluding carboxylic acids is 2. The van der Waals surface area contributed by atoms with Crippen molar-refractivity contribution >= 4 is 17.7 Å². The molecule has 200 valence electrons.